The van der Waals surface area contributed by atoms with Crippen molar-refractivity contribution in [2.75, 3.05) is 11.5 Å². The topological polar surface area (TPSA) is 74.7 Å². The lowest BCUT2D eigenvalue weighted by atomic mass is 9.89. The Balaban J connectivity index is 1.73. The summed E-state index contributed by atoms with van der Waals surface area (Å²) < 4.78 is 22.9. The first kappa shape index (κ1) is 12.4. The Bertz CT molecular complexity index is 447. The molecule has 102 valence electrons. The van der Waals surface area contributed by atoms with Crippen molar-refractivity contribution in [2.45, 2.75) is 50.2 Å². The van der Waals surface area contributed by atoms with Crippen molar-refractivity contribution in [3.63, 3.8) is 0 Å². The summed E-state index contributed by atoms with van der Waals surface area (Å²) in [6.07, 6.45) is 4.16. The molecule has 5 nitrogen and oxygen atoms in total. The largest absolute Gasteiger partial charge is 0.481 e. The summed E-state index contributed by atoms with van der Waals surface area (Å²) in [7, 11) is -2.83. The van der Waals surface area contributed by atoms with E-state index in [-0.39, 0.29) is 29.5 Å². The van der Waals surface area contributed by atoms with Crippen LogP contribution in [0.5, 0.6) is 0 Å². The highest BCUT2D eigenvalue weighted by Crippen LogP contribution is 2.44. The molecular formula is C12H19NO4S. The summed E-state index contributed by atoms with van der Waals surface area (Å²) in [5, 5.41) is 9.21. The van der Waals surface area contributed by atoms with Gasteiger partial charge < -0.3 is 5.11 Å². The molecule has 3 aliphatic heterocycles. The second-order valence-electron chi connectivity index (χ2n) is 5.81. The van der Waals surface area contributed by atoms with Crippen molar-refractivity contribution in [1.82, 2.24) is 4.90 Å². The van der Waals surface area contributed by atoms with E-state index in [2.05, 4.69) is 4.90 Å². The first-order valence-electron chi connectivity index (χ1n) is 6.68. The number of nitrogens with zero attached hydrogens (tertiary/aromatic N) is 1. The molecule has 6 heteroatoms. The molecule has 3 rings (SSSR count). The van der Waals surface area contributed by atoms with Crippen LogP contribution in [0.4, 0.5) is 0 Å². The first-order valence-corrected chi connectivity index (χ1v) is 8.51. The molecule has 0 saturated carbocycles. The van der Waals surface area contributed by atoms with Crippen molar-refractivity contribution < 1.29 is 18.3 Å². The molecule has 2 bridgehead atoms. The fraction of sp³-hybridized carbons (Fsp3) is 0.917. The number of hydrogen-bond donors (Lipinski definition) is 1. The molecule has 3 fully saturated rings. The zero-order chi connectivity index (χ0) is 12.9. The van der Waals surface area contributed by atoms with E-state index < -0.39 is 15.8 Å². The molecule has 0 aromatic carbocycles. The van der Waals surface area contributed by atoms with E-state index in [1.54, 1.807) is 0 Å². The van der Waals surface area contributed by atoms with E-state index in [9.17, 15) is 18.3 Å². The Labute approximate surface area is 107 Å². The van der Waals surface area contributed by atoms with Gasteiger partial charge in [-0.15, -0.1) is 0 Å². The van der Waals surface area contributed by atoms with Crippen LogP contribution in [0.25, 0.3) is 0 Å². The van der Waals surface area contributed by atoms with Crippen LogP contribution in [-0.4, -0.2) is 54.0 Å². The normalized spacial score (nSPS) is 40.1. The average molecular weight is 273 g/mol. The van der Waals surface area contributed by atoms with Gasteiger partial charge in [-0.05, 0) is 32.1 Å². The predicted octanol–water partition coefficient (Wildman–Crippen LogP) is 0.501. The number of rotatable bonds is 2. The van der Waals surface area contributed by atoms with Crippen LogP contribution in [0, 0.1) is 5.92 Å². The van der Waals surface area contributed by atoms with E-state index >= 15 is 0 Å². The molecule has 1 N–H and O–H groups in total. The van der Waals surface area contributed by atoms with Crippen LogP contribution in [0.15, 0.2) is 0 Å². The maximum absolute atomic E-state index is 11.4. The van der Waals surface area contributed by atoms with Gasteiger partial charge >= 0.3 is 5.97 Å². The molecule has 18 heavy (non-hydrogen) atoms. The molecule has 3 saturated heterocycles. The zero-order valence-electron chi connectivity index (χ0n) is 10.3. The third-order valence-corrected chi connectivity index (χ3v) is 6.57. The highest BCUT2D eigenvalue weighted by molar-refractivity contribution is 7.91. The fourth-order valence-corrected chi connectivity index (χ4v) is 5.51. The summed E-state index contributed by atoms with van der Waals surface area (Å²) in [5.41, 5.74) is 0. The second kappa shape index (κ2) is 4.20. The number of carboxylic acid groups (broad SMARTS) is 1. The van der Waals surface area contributed by atoms with Crippen LogP contribution < -0.4 is 0 Å². The summed E-state index contributed by atoms with van der Waals surface area (Å²) >= 11 is 0. The van der Waals surface area contributed by atoms with Crippen molar-refractivity contribution in [1.29, 1.82) is 0 Å². The molecular weight excluding hydrogens is 254 g/mol. The van der Waals surface area contributed by atoms with Gasteiger partial charge in [0.05, 0.1) is 17.4 Å². The van der Waals surface area contributed by atoms with E-state index in [1.807, 2.05) is 0 Å². The van der Waals surface area contributed by atoms with Gasteiger partial charge in [-0.2, -0.15) is 0 Å². The third-order valence-electron chi connectivity index (χ3n) is 4.85. The maximum Gasteiger partial charge on any atom is 0.308 e. The molecule has 0 spiro atoms. The van der Waals surface area contributed by atoms with Crippen molar-refractivity contribution in [3.8, 4) is 0 Å². The molecule has 0 aromatic heterocycles. The quantitative estimate of drug-likeness (QED) is 0.793. The van der Waals surface area contributed by atoms with Gasteiger partial charge in [-0.25, -0.2) is 8.42 Å². The lowest BCUT2D eigenvalue weighted by Crippen LogP contribution is -2.45. The fourth-order valence-electron chi connectivity index (χ4n) is 4.04. The van der Waals surface area contributed by atoms with Gasteiger partial charge in [0.25, 0.3) is 0 Å². The average Bonchev–Trinajstić information content (AvgIpc) is 2.86. The summed E-state index contributed by atoms with van der Waals surface area (Å²) in [6, 6.07) is 0.815. The van der Waals surface area contributed by atoms with Crippen molar-refractivity contribution in [2.24, 2.45) is 5.92 Å². The number of fused-ring (bicyclic) bond motifs is 2. The Hall–Kier alpha value is -0.620. The van der Waals surface area contributed by atoms with E-state index in [4.69, 9.17) is 0 Å². The molecule has 3 atom stereocenters. The van der Waals surface area contributed by atoms with E-state index in [0.717, 1.165) is 19.3 Å². The minimum Gasteiger partial charge on any atom is -0.481 e. The van der Waals surface area contributed by atoms with Gasteiger partial charge in [0, 0.05) is 18.1 Å². The molecule has 3 heterocycles. The van der Waals surface area contributed by atoms with Crippen LogP contribution in [0.1, 0.15) is 32.1 Å². The number of hydrogen-bond acceptors (Lipinski definition) is 4. The number of carbonyl (C=O) groups is 1. The van der Waals surface area contributed by atoms with Crippen LogP contribution in [0.2, 0.25) is 0 Å². The molecule has 0 radical (unpaired) electrons. The lowest BCUT2D eigenvalue weighted by Gasteiger charge is -2.34. The van der Waals surface area contributed by atoms with Gasteiger partial charge in [-0.3, -0.25) is 9.69 Å². The SMILES string of the molecule is O=C(O)C1CC2CCC1N2C1CCS(=O)(=O)CC1. The Morgan fingerprint density at radius 2 is 1.72 bits per heavy atom. The number of aliphatic carboxylic acids is 1. The molecule has 0 aliphatic carbocycles. The van der Waals surface area contributed by atoms with Gasteiger partial charge in [0.1, 0.15) is 9.84 Å². The second-order valence-corrected chi connectivity index (χ2v) is 8.11. The van der Waals surface area contributed by atoms with Crippen LogP contribution >= 0.6 is 0 Å². The zero-order valence-corrected chi connectivity index (χ0v) is 11.1. The standard InChI is InChI=1S/C12H19NO4S/c14-12(15)10-7-9-1-2-11(10)13(9)8-3-5-18(16,17)6-4-8/h8-11H,1-7H2,(H,14,15). The van der Waals surface area contributed by atoms with E-state index in [1.165, 1.54) is 0 Å². The van der Waals surface area contributed by atoms with Gasteiger partial charge in [0.15, 0.2) is 0 Å². The van der Waals surface area contributed by atoms with Crippen LogP contribution in [0.3, 0.4) is 0 Å². The Morgan fingerprint density at radius 1 is 1.06 bits per heavy atom. The Morgan fingerprint density at radius 3 is 2.28 bits per heavy atom. The molecule has 3 aliphatic rings. The lowest BCUT2D eigenvalue weighted by molar-refractivity contribution is -0.142. The molecule has 3 unspecified atom stereocenters. The van der Waals surface area contributed by atoms with Crippen molar-refractivity contribution in [3.05, 3.63) is 0 Å². The summed E-state index contributed by atoms with van der Waals surface area (Å²) in [6.45, 7) is 0. The summed E-state index contributed by atoms with van der Waals surface area (Å²) in [4.78, 5) is 13.5. The van der Waals surface area contributed by atoms with Gasteiger partial charge in [-0.1, -0.05) is 0 Å². The van der Waals surface area contributed by atoms with Crippen LogP contribution in [-0.2, 0) is 14.6 Å². The predicted molar refractivity (Wildman–Crippen MR) is 66.1 cm³/mol. The minimum atomic E-state index is -2.83. The smallest absolute Gasteiger partial charge is 0.308 e. The third kappa shape index (κ3) is 1.95. The van der Waals surface area contributed by atoms with E-state index in [0.29, 0.717) is 18.9 Å². The first-order chi connectivity index (χ1) is 8.48. The van der Waals surface area contributed by atoms with Gasteiger partial charge in [0.2, 0.25) is 0 Å². The number of sulfone groups is 1. The highest BCUT2D eigenvalue weighted by Gasteiger charge is 2.51. The molecule has 0 aromatic rings. The highest BCUT2D eigenvalue weighted by atomic mass is 32.2. The monoisotopic (exact) mass is 273 g/mol. The number of carboxylic acids is 1. The Kier molecular flexibility index (Phi) is 2.90. The minimum absolute atomic E-state index is 0.151. The maximum atomic E-state index is 11.4. The molecule has 0 amide bonds. The van der Waals surface area contributed by atoms with Crippen molar-refractivity contribution >= 4 is 15.8 Å². The summed E-state index contributed by atoms with van der Waals surface area (Å²) in [5.74, 6) is -0.380.